The van der Waals surface area contributed by atoms with Crippen molar-refractivity contribution >= 4 is 11.6 Å². The van der Waals surface area contributed by atoms with Crippen LogP contribution in [0.3, 0.4) is 0 Å². The Hall–Kier alpha value is -2.32. The molecule has 0 unspecified atom stereocenters. The molecule has 0 bridgehead atoms. The largest absolute Gasteiger partial charge is 0.508 e. The predicted octanol–water partition coefficient (Wildman–Crippen LogP) is 2.60. The minimum absolute atomic E-state index is 0.175. The summed E-state index contributed by atoms with van der Waals surface area (Å²) >= 11 is 0. The molecule has 0 spiro atoms. The number of carbonyl (C=O) groups excluding carboxylic acids is 1. The Kier molecular flexibility index (Phi) is 4.77. The Morgan fingerprint density at radius 1 is 1.43 bits per heavy atom. The molecule has 0 radical (unpaired) electrons. The second-order valence-corrected chi connectivity index (χ2v) is 4.59. The number of carbonyl (C=O) groups is 1. The van der Waals surface area contributed by atoms with Crippen molar-refractivity contribution in [3.05, 3.63) is 33.9 Å². The van der Waals surface area contributed by atoms with Gasteiger partial charge < -0.3 is 10.0 Å². The normalized spacial score (nSPS) is 11.5. The first-order valence-electron chi connectivity index (χ1n) is 5.88. The fourth-order valence-electron chi connectivity index (χ4n) is 1.71. The molecule has 0 aromatic heterocycles. The zero-order valence-corrected chi connectivity index (χ0v) is 11.2. The van der Waals surface area contributed by atoms with Crippen LogP contribution in [-0.4, -0.2) is 33.1 Å². The van der Waals surface area contributed by atoms with Crippen LogP contribution < -0.4 is 0 Å². The molecule has 9 heteroatoms. The van der Waals surface area contributed by atoms with E-state index in [1.807, 2.05) is 0 Å². The lowest BCUT2D eigenvalue weighted by Gasteiger charge is -2.27. The van der Waals surface area contributed by atoms with Gasteiger partial charge in [-0.1, -0.05) is 0 Å². The number of hydrogen-bond acceptors (Lipinski definition) is 4. The first-order chi connectivity index (χ1) is 9.54. The molecule has 21 heavy (non-hydrogen) atoms. The Balaban J connectivity index is 3.19. The van der Waals surface area contributed by atoms with Gasteiger partial charge in [0.1, 0.15) is 5.75 Å². The Morgan fingerprint density at radius 2 is 2.00 bits per heavy atom. The van der Waals surface area contributed by atoms with E-state index in [-0.39, 0.29) is 11.3 Å². The van der Waals surface area contributed by atoms with Gasteiger partial charge in [-0.2, -0.15) is 13.2 Å². The SMILES string of the molecule is CC(C)N(Cc1cc(O)ccc1[N+](=O)[O-])C(=O)C(F)(F)F. The zero-order valence-electron chi connectivity index (χ0n) is 11.2. The first-order valence-corrected chi connectivity index (χ1v) is 5.88. The highest BCUT2D eigenvalue weighted by Crippen LogP contribution is 2.27. The van der Waals surface area contributed by atoms with Gasteiger partial charge in [-0.05, 0) is 26.0 Å². The van der Waals surface area contributed by atoms with Gasteiger partial charge >= 0.3 is 12.1 Å². The smallest absolute Gasteiger partial charge is 0.471 e. The van der Waals surface area contributed by atoms with Crippen molar-refractivity contribution in [2.24, 2.45) is 0 Å². The van der Waals surface area contributed by atoms with Gasteiger partial charge in [-0.15, -0.1) is 0 Å². The summed E-state index contributed by atoms with van der Waals surface area (Å²) in [6, 6.07) is 2.17. The second kappa shape index (κ2) is 5.98. The number of halogens is 3. The molecule has 1 amide bonds. The Labute approximate surface area is 117 Å². The monoisotopic (exact) mass is 306 g/mol. The summed E-state index contributed by atoms with van der Waals surface area (Å²) in [5, 5.41) is 20.2. The van der Waals surface area contributed by atoms with Crippen molar-refractivity contribution < 1.29 is 28.0 Å². The van der Waals surface area contributed by atoms with E-state index in [2.05, 4.69) is 0 Å². The second-order valence-electron chi connectivity index (χ2n) is 4.59. The number of alkyl halides is 3. The van der Waals surface area contributed by atoms with Crippen LogP contribution in [0.1, 0.15) is 19.4 Å². The van der Waals surface area contributed by atoms with Crippen molar-refractivity contribution in [1.82, 2.24) is 4.90 Å². The molecule has 0 aliphatic heterocycles. The molecular formula is C12H13F3N2O4. The molecule has 0 heterocycles. The molecule has 0 saturated heterocycles. The number of hydrogen-bond donors (Lipinski definition) is 1. The number of aromatic hydroxyl groups is 1. The molecule has 1 rings (SSSR count). The van der Waals surface area contributed by atoms with Gasteiger partial charge in [-0.3, -0.25) is 14.9 Å². The number of benzene rings is 1. The number of nitro groups is 1. The van der Waals surface area contributed by atoms with Crippen molar-refractivity contribution in [1.29, 1.82) is 0 Å². The number of nitrogens with zero attached hydrogens (tertiary/aromatic N) is 2. The van der Waals surface area contributed by atoms with E-state index in [1.54, 1.807) is 0 Å². The maximum absolute atomic E-state index is 12.5. The van der Waals surface area contributed by atoms with Crippen LogP contribution in [0.4, 0.5) is 18.9 Å². The van der Waals surface area contributed by atoms with Gasteiger partial charge in [0.2, 0.25) is 0 Å². The number of amides is 1. The van der Waals surface area contributed by atoms with E-state index >= 15 is 0 Å². The molecular weight excluding hydrogens is 293 g/mol. The highest BCUT2D eigenvalue weighted by molar-refractivity contribution is 5.82. The van der Waals surface area contributed by atoms with E-state index in [0.717, 1.165) is 18.2 Å². The molecule has 0 saturated carbocycles. The van der Waals surface area contributed by atoms with Crippen LogP contribution >= 0.6 is 0 Å². The quantitative estimate of drug-likeness (QED) is 0.684. The lowest BCUT2D eigenvalue weighted by atomic mass is 10.1. The zero-order chi connectivity index (χ0) is 16.4. The van der Waals surface area contributed by atoms with Gasteiger partial charge in [0.25, 0.3) is 5.69 Å². The number of nitro benzene ring substituents is 1. The third-order valence-electron chi connectivity index (χ3n) is 2.73. The number of phenols is 1. The van der Waals surface area contributed by atoms with E-state index in [4.69, 9.17) is 0 Å². The fraction of sp³-hybridized carbons (Fsp3) is 0.417. The average molecular weight is 306 g/mol. The molecule has 0 atom stereocenters. The van der Waals surface area contributed by atoms with Gasteiger partial charge in [0.15, 0.2) is 0 Å². The van der Waals surface area contributed by atoms with Crippen molar-refractivity contribution in [3.8, 4) is 5.75 Å². The number of phenolic OH excluding ortho intramolecular Hbond substituents is 1. The molecule has 0 fully saturated rings. The van der Waals surface area contributed by atoms with Crippen LogP contribution in [0.25, 0.3) is 0 Å². The molecule has 1 N–H and O–H groups in total. The minimum Gasteiger partial charge on any atom is -0.508 e. The van der Waals surface area contributed by atoms with Crippen molar-refractivity contribution in [2.45, 2.75) is 32.6 Å². The van der Waals surface area contributed by atoms with E-state index in [9.17, 15) is 33.2 Å². The number of rotatable bonds is 4. The lowest BCUT2D eigenvalue weighted by molar-refractivity contribution is -0.385. The van der Waals surface area contributed by atoms with Crippen LogP contribution in [0.15, 0.2) is 18.2 Å². The summed E-state index contributed by atoms with van der Waals surface area (Å²) in [7, 11) is 0. The van der Waals surface area contributed by atoms with Gasteiger partial charge in [0.05, 0.1) is 17.0 Å². The summed E-state index contributed by atoms with van der Waals surface area (Å²) in [6.45, 7) is 2.09. The average Bonchev–Trinajstić information content (AvgIpc) is 2.33. The summed E-state index contributed by atoms with van der Waals surface area (Å²) in [4.78, 5) is 21.9. The molecule has 1 aromatic rings. The van der Waals surface area contributed by atoms with E-state index < -0.39 is 35.3 Å². The van der Waals surface area contributed by atoms with Gasteiger partial charge in [-0.25, -0.2) is 0 Å². The Bertz CT molecular complexity index is 558. The minimum atomic E-state index is -5.07. The van der Waals surface area contributed by atoms with Crippen LogP contribution in [0.5, 0.6) is 5.75 Å². The topological polar surface area (TPSA) is 83.7 Å². The summed E-state index contributed by atoms with van der Waals surface area (Å²) < 4.78 is 37.6. The van der Waals surface area contributed by atoms with Crippen LogP contribution in [0, 0.1) is 10.1 Å². The third kappa shape index (κ3) is 4.07. The molecule has 1 aromatic carbocycles. The molecule has 0 aliphatic carbocycles. The Morgan fingerprint density at radius 3 is 2.43 bits per heavy atom. The summed E-state index contributed by atoms with van der Waals surface area (Å²) in [5.74, 6) is -2.42. The molecule has 6 nitrogen and oxygen atoms in total. The maximum Gasteiger partial charge on any atom is 0.471 e. The maximum atomic E-state index is 12.5. The van der Waals surface area contributed by atoms with Crippen molar-refractivity contribution in [3.63, 3.8) is 0 Å². The van der Waals surface area contributed by atoms with Crippen LogP contribution in [-0.2, 0) is 11.3 Å². The molecule has 116 valence electrons. The third-order valence-corrected chi connectivity index (χ3v) is 2.73. The highest BCUT2D eigenvalue weighted by atomic mass is 19.4. The summed E-state index contributed by atoms with van der Waals surface area (Å²) in [6.07, 6.45) is -5.07. The van der Waals surface area contributed by atoms with Crippen LogP contribution in [0.2, 0.25) is 0 Å². The predicted molar refractivity (Wildman–Crippen MR) is 66.5 cm³/mol. The van der Waals surface area contributed by atoms with Gasteiger partial charge in [0, 0.05) is 12.1 Å². The lowest BCUT2D eigenvalue weighted by Crippen LogP contribution is -2.44. The highest BCUT2D eigenvalue weighted by Gasteiger charge is 2.43. The molecule has 0 aliphatic rings. The first kappa shape index (κ1) is 16.7. The van der Waals surface area contributed by atoms with E-state index in [0.29, 0.717) is 4.90 Å². The standard InChI is InChI=1S/C12H13F3N2O4/c1-7(2)16(11(19)12(13,14)15)6-8-5-9(18)3-4-10(8)17(20)21/h3-5,7,18H,6H2,1-2H3. The van der Waals surface area contributed by atoms with Crippen molar-refractivity contribution in [2.75, 3.05) is 0 Å². The van der Waals surface area contributed by atoms with E-state index in [1.165, 1.54) is 13.8 Å². The summed E-state index contributed by atoms with van der Waals surface area (Å²) in [5.41, 5.74) is -0.639. The fourth-order valence-corrected chi connectivity index (χ4v) is 1.71.